The maximum Gasteiger partial charge on any atom is 0.195 e. The number of carbonyl (C=O) groups is 1. The number of aliphatic hydroxyl groups is 1. The zero-order valence-electron chi connectivity index (χ0n) is 11.6. The van der Waals surface area contributed by atoms with Gasteiger partial charge in [-0.25, -0.2) is 4.89 Å². The first-order valence-electron chi connectivity index (χ1n) is 6.40. The Hall–Kier alpha value is -2.27. The van der Waals surface area contributed by atoms with Gasteiger partial charge in [-0.1, -0.05) is 66.7 Å². The molecule has 110 valence electrons. The van der Waals surface area contributed by atoms with Crippen molar-refractivity contribution in [2.75, 3.05) is 6.61 Å². The molecule has 0 heterocycles. The van der Waals surface area contributed by atoms with Crippen LogP contribution in [-0.2, 0) is 4.89 Å². The molecule has 0 saturated carbocycles. The van der Waals surface area contributed by atoms with Gasteiger partial charge in [0.25, 0.3) is 0 Å². The Morgan fingerprint density at radius 3 is 2.05 bits per heavy atom. The van der Waals surface area contributed by atoms with Crippen LogP contribution in [0.1, 0.15) is 22.0 Å². The third kappa shape index (κ3) is 5.71. The Morgan fingerprint density at radius 2 is 1.62 bits per heavy atom. The van der Waals surface area contributed by atoms with Crippen molar-refractivity contribution in [2.45, 2.75) is 6.10 Å². The average molecular weight is 286 g/mol. The van der Waals surface area contributed by atoms with E-state index in [2.05, 4.69) is 11.5 Å². The van der Waals surface area contributed by atoms with Crippen LogP contribution in [0.5, 0.6) is 0 Å². The van der Waals surface area contributed by atoms with Crippen molar-refractivity contribution in [1.82, 2.24) is 0 Å². The molecule has 0 amide bonds. The van der Waals surface area contributed by atoms with E-state index in [9.17, 15) is 9.90 Å². The van der Waals surface area contributed by atoms with Gasteiger partial charge < -0.3 is 5.11 Å². The Balaban J connectivity index is 0.000000383. The number of Topliss-reactive ketones (excluding diaryl/α,β-unsaturated/α-hetero) is 1. The van der Waals surface area contributed by atoms with Crippen molar-refractivity contribution in [1.29, 1.82) is 0 Å². The highest BCUT2D eigenvalue weighted by Crippen LogP contribution is 2.17. The second-order valence-corrected chi connectivity index (χ2v) is 4.13. The number of carbonyl (C=O) groups excluding carboxylic acids is 1. The highest BCUT2D eigenvalue weighted by atomic mass is 17.1. The van der Waals surface area contributed by atoms with Crippen molar-refractivity contribution < 1.29 is 20.0 Å². The predicted octanol–water partition coefficient (Wildman–Crippen LogP) is 3.26. The first-order valence-corrected chi connectivity index (χ1v) is 6.40. The molecule has 21 heavy (non-hydrogen) atoms. The molecule has 0 aromatic heterocycles. The Bertz CT molecular complexity index is 537. The fraction of sp³-hybridized carbons (Fsp3) is 0.118. The van der Waals surface area contributed by atoms with Crippen molar-refractivity contribution >= 4 is 5.78 Å². The van der Waals surface area contributed by atoms with Crippen LogP contribution in [0.4, 0.5) is 0 Å². The molecular formula is C17H18O4. The number of rotatable bonds is 5. The molecule has 2 aromatic rings. The van der Waals surface area contributed by atoms with Crippen molar-refractivity contribution in [2.24, 2.45) is 0 Å². The van der Waals surface area contributed by atoms with E-state index in [1.807, 2.05) is 12.1 Å². The van der Waals surface area contributed by atoms with Gasteiger partial charge in [0.15, 0.2) is 5.78 Å². The van der Waals surface area contributed by atoms with Gasteiger partial charge >= 0.3 is 0 Å². The number of benzene rings is 2. The quantitative estimate of drug-likeness (QED) is 0.383. The average Bonchev–Trinajstić information content (AvgIpc) is 2.56. The first kappa shape index (κ1) is 16.8. The fourth-order valence-electron chi connectivity index (χ4n) is 1.60. The summed E-state index contributed by atoms with van der Waals surface area (Å²) in [5, 5.41) is 17.4. The molecule has 1 atom stereocenters. The minimum absolute atomic E-state index is 0.208. The largest absolute Gasteiger partial charge is 0.380 e. The third-order valence-electron chi connectivity index (χ3n) is 2.61. The van der Waals surface area contributed by atoms with Gasteiger partial charge in [-0.2, -0.15) is 0 Å². The number of aliphatic hydroxyl groups excluding tert-OH is 1. The lowest BCUT2D eigenvalue weighted by atomic mass is 10.0. The molecule has 2 aromatic carbocycles. The Morgan fingerprint density at radius 1 is 1.10 bits per heavy atom. The highest BCUT2D eigenvalue weighted by Gasteiger charge is 2.18. The summed E-state index contributed by atoms with van der Waals surface area (Å²) in [7, 11) is 0. The van der Waals surface area contributed by atoms with Gasteiger partial charge in [0, 0.05) is 5.56 Å². The lowest BCUT2D eigenvalue weighted by molar-refractivity contribution is -0.231. The zero-order valence-corrected chi connectivity index (χ0v) is 11.6. The number of hydrogen-bond donors (Lipinski definition) is 2. The molecule has 4 heteroatoms. The van der Waals surface area contributed by atoms with Gasteiger partial charge in [0.1, 0.15) is 6.10 Å². The van der Waals surface area contributed by atoms with E-state index in [-0.39, 0.29) is 12.4 Å². The molecule has 1 unspecified atom stereocenters. The molecule has 0 aliphatic heterocycles. The van der Waals surface area contributed by atoms with Crippen LogP contribution < -0.4 is 0 Å². The predicted molar refractivity (Wildman–Crippen MR) is 81.0 cm³/mol. The molecular weight excluding hydrogens is 268 g/mol. The SMILES string of the molecule is C=CCOO.O=C(c1ccccc1)C(O)c1ccccc1. The molecule has 0 saturated heterocycles. The summed E-state index contributed by atoms with van der Waals surface area (Å²) >= 11 is 0. The van der Waals surface area contributed by atoms with Crippen LogP contribution in [0, 0.1) is 0 Å². The van der Waals surface area contributed by atoms with Crippen LogP contribution in [0.3, 0.4) is 0 Å². The van der Waals surface area contributed by atoms with E-state index < -0.39 is 6.10 Å². The summed E-state index contributed by atoms with van der Waals surface area (Å²) < 4.78 is 0. The summed E-state index contributed by atoms with van der Waals surface area (Å²) in [6, 6.07) is 17.7. The number of ketones is 1. The summed E-state index contributed by atoms with van der Waals surface area (Å²) in [5.41, 5.74) is 1.15. The minimum atomic E-state index is -1.08. The van der Waals surface area contributed by atoms with E-state index in [1.165, 1.54) is 6.08 Å². The second-order valence-electron chi connectivity index (χ2n) is 4.13. The minimum Gasteiger partial charge on any atom is -0.380 e. The van der Waals surface area contributed by atoms with Crippen LogP contribution in [0.2, 0.25) is 0 Å². The summed E-state index contributed by atoms with van der Waals surface area (Å²) in [6.45, 7) is 3.47. The molecule has 4 nitrogen and oxygen atoms in total. The Labute approximate surface area is 123 Å². The molecule has 0 radical (unpaired) electrons. The molecule has 0 bridgehead atoms. The standard InChI is InChI=1S/C14H12O2.C3H6O2/c15-13(11-7-3-1-4-8-11)14(16)12-9-5-2-6-10-12;1-2-3-5-4/h1-10,13,15H;2,4H,1,3H2. The first-order chi connectivity index (χ1) is 10.2. The monoisotopic (exact) mass is 286 g/mol. The summed E-state index contributed by atoms with van der Waals surface area (Å²) in [6.07, 6.45) is 0.378. The van der Waals surface area contributed by atoms with Gasteiger partial charge in [0.05, 0.1) is 6.61 Å². The lowest BCUT2D eigenvalue weighted by Crippen LogP contribution is -2.11. The molecule has 0 fully saturated rings. The summed E-state index contributed by atoms with van der Waals surface area (Å²) in [5.74, 6) is -0.271. The van der Waals surface area contributed by atoms with Crippen LogP contribution in [0.15, 0.2) is 73.3 Å². The van der Waals surface area contributed by atoms with Gasteiger partial charge in [-0.05, 0) is 5.56 Å². The van der Waals surface area contributed by atoms with Crippen LogP contribution >= 0.6 is 0 Å². The Kier molecular flexibility index (Phi) is 7.68. The van der Waals surface area contributed by atoms with Crippen molar-refractivity contribution in [3.63, 3.8) is 0 Å². The second kappa shape index (κ2) is 9.61. The highest BCUT2D eigenvalue weighted by molar-refractivity contribution is 5.99. The lowest BCUT2D eigenvalue weighted by Gasteiger charge is -2.09. The normalized spacial score (nSPS) is 11.0. The van der Waals surface area contributed by atoms with E-state index in [1.54, 1.807) is 48.5 Å². The van der Waals surface area contributed by atoms with Crippen LogP contribution in [-0.4, -0.2) is 22.8 Å². The maximum atomic E-state index is 11.9. The van der Waals surface area contributed by atoms with E-state index in [0.717, 1.165) is 0 Å². The molecule has 0 aliphatic rings. The fourth-order valence-corrected chi connectivity index (χ4v) is 1.60. The topological polar surface area (TPSA) is 66.8 Å². The van der Waals surface area contributed by atoms with Crippen molar-refractivity contribution in [3.8, 4) is 0 Å². The van der Waals surface area contributed by atoms with Crippen molar-refractivity contribution in [3.05, 3.63) is 84.4 Å². The molecule has 0 spiro atoms. The number of hydrogen-bond acceptors (Lipinski definition) is 4. The van der Waals surface area contributed by atoms with Gasteiger partial charge in [0.2, 0.25) is 0 Å². The van der Waals surface area contributed by atoms with Gasteiger partial charge in [-0.15, -0.1) is 6.58 Å². The molecule has 2 N–H and O–H groups in total. The van der Waals surface area contributed by atoms with Gasteiger partial charge in [-0.3, -0.25) is 10.1 Å². The smallest absolute Gasteiger partial charge is 0.195 e. The molecule has 2 rings (SSSR count). The van der Waals surface area contributed by atoms with Crippen LogP contribution in [0.25, 0.3) is 0 Å². The van der Waals surface area contributed by atoms with E-state index in [0.29, 0.717) is 11.1 Å². The zero-order chi connectivity index (χ0) is 15.5. The summed E-state index contributed by atoms with van der Waals surface area (Å²) in [4.78, 5) is 15.5. The van der Waals surface area contributed by atoms with E-state index in [4.69, 9.17) is 5.26 Å². The third-order valence-corrected chi connectivity index (χ3v) is 2.61. The maximum absolute atomic E-state index is 11.9. The van der Waals surface area contributed by atoms with E-state index >= 15 is 0 Å². The molecule has 0 aliphatic carbocycles.